The van der Waals surface area contributed by atoms with Gasteiger partial charge in [-0.25, -0.2) is 4.79 Å². The summed E-state index contributed by atoms with van der Waals surface area (Å²) < 4.78 is 4.69. The smallest absolute Gasteiger partial charge is 0.412 e. The van der Waals surface area contributed by atoms with Crippen LogP contribution in [0.15, 0.2) is 18.2 Å². The fraction of sp³-hybridized carbons (Fsp3) is 0.250. The maximum absolute atomic E-state index is 11.2. The minimum atomic E-state index is -0.528. The lowest BCUT2D eigenvalue weighted by Gasteiger charge is -2.08. The molecule has 0 bridgehead atoms. The van der Waals surface area contributed by atoms with Gasteiger partial charge in [0.25, 0.3) is 0 Å². The quantitative estimate of drug-likeness (QED) is 0.750. The third-order valence-electron chi connectivity index (χ3n) is 1.91. The monoisotopic (exact) mass is 203 g/mol. The molecule has 0 radical (unpaired) electrons. The van der Waals surface area contributed by atoms with Crippen LogP contribution >= 0.6 is 0 Å². The second kappa shape index (κ2) is 5.06. The number of carbonyl (C=O) groups excluding carboxylic acids is 1. The normalized spacial score (nSPS) is 9.13. The van der Waals surface area contributed by atoms with Crippen molar-refractivity contribution < 1.29 is 9.53 Å². The fourth-order valence-corrected chi connectivity index (χ4v) is 1.21. The maximum Gasteiger partial charge on any atom is 0.412 e. The maximum atomic E-state index is 11.2. The Morgan fingerprint density at radius 3 is 2.87 bits per heavy atom. The molecule has 0 aliphatic carbocycles. The molecule has 1 rings (SSSR count). The van der Waals surface area contributed by atoms with Crippen molar-refractivity contribution in [3.05, 3.63) is 29.3 Å². The molecule has 0 fully saturated rings. The van der Waals surface area contributed by atoms with Crippen LogP contribution in [0, 0.1) is 26.2 Å². The number of ether oxygens (including phenoxy) is 1. The van der Waals surface area contributed by atoms with Gasteiger partial charge in [-0.2, -0.15) is 0 Å². The highest BCUT2D eigenvalue weighted by Gasteiger charge is 2.04. The molecule has 0 saturated heterocycles. The number of anilines is 1. The first kappa shape index (κ1) is 11.1. The predicted molar refractivity (Wildman–Crippen MR) is 59.7 cm³/mol. The van der Waals surface area contributed by atoms with E-state index in [1.165, 1.54) is 0 Å². The summed E-state index contributed by atoms with van der Waals surface area (Å²) in [5, 5.41) is 2.62. The van der Waals surface area contributed by atoms with Crippen molar-refractivity contribution in [1.29, 1.82) is 0 Å². The van der Waals surface area contributed by atoms with Gasteiger partial charge < -0.3 is 4.74 Å². The van der Waals surface area contributed by atoms with Crippen LogP contribution in [0.1, 0.15) is 11.1 Å². The zero-order valence-electron chi connectivity index (χ0n) is 8.83. The molecule has 3 nitrogen and oxygen atoms in total. The summed E-state index contributed by atoms with van der Waals surface area (Å²) in [5.74, 6) is 2.23. The molecule has 0 heterocycles. The largest absolute Gasteiger partial charge is 0.436 e. The second-order valence-electron chi connectivity index (χ2n) is 3.22. The molecule has 0 atom stereocenters. The number of terminal acetylenes is 1. The summed E-state index contributed by atoms with van der Waals surface area (Å²) in [6.45, 7) is 3.90. The van der Waals surface area contributed by atoms with E-state index in [4.69, 9.17) is 11.2 Å². The van der Waals surface area contributed by atoms with Crippen LogP contribution in [0.3, 0.4) is 0 Å². The van der Waals surface area contributed by atoms with E-state index >= 15 is 0 Å². The van der Waals surface area contributed by atoms with Gasteiger partial charge in [-0.1, -0.05) is 23.6 Å². The summed E-state index contributed by atoms with van der Waals surface area (Å²) in [6, 6.07) is 5.74. The van der Waals surface area contributed by atoms with Gasteiger partial charge >= 0.3 is 6.09 Å². The van der Waals surface area contributed by atoms with Crippen molar-refractivity contribution in [3.8, 4) is 12.3 Å². The molecule has 0 unspecified atom stereocenters. The highest BCUT2D eigenvalue weighted by molar-refractivity contribution is 5.85. The summed E-state index contributed by atoms with van der Waals surface area (Å²) in [7, 11) is 0. The summed E-state index contributed by atoms with van der Waals surface area (Å²) in [5.41, 5.74) is 2.88. The standard InChI is InChI=1S/C12H13NO2/c1-4-7-15-12(14)13-11-6-5-9(2)8-10(11)3/h1,5-6,8H,7H2,2-3H3,(H,13,14). The van der Waals surface area contributed by atoms with Crippen LogP contribution < -0.4 is 5.32 Å². The number of benzene rings is 1. The van der Waals surface area contributed by atoms with Crippen LogP contribution in [0.5, 0.6) is 0 Å². The third kappa shape index (κ3) is 3.35. The van der Waals surface area contributed by atoms with Crippen molar-refractivity contribution in [3.63, 3.8) is 0 Å². The average molecular weight is 203 g/mol. The highest BCUT2D eigenvalue weighted by Crippen LogP contribution is 2.15. The summed E-state index contributed by atoms with van der Waals surface area (Å²) in [6.07, 6.45) is 4.44. The first-order valence-electron chi connectivity index (χ1n) is 4.58. The lowest BCUT2D eigenvalue weighted by Crippen LogP contribution is -2.14. The van der Waals surface area contributed by atoms with Gasteiger partial charge in [0.05, 0.1) is 0 Å². The number of hydrogen-bond acceptors (Lipinski definition) is 2. The summed E-state index contributed by atoms with van der Waals surface area (Å²) >= 11 is 0. The Balaban J connectivity index is 2.65. The van der Waals surface area contributed by atoms with Crippen molar-refractivity contribution in [2.45, 2.75) is 13.8 Å². The molecule has 0 saturated carbocycles. The Morgan fingerprint density at radius 2 is 2.27 bits per heavy atom. The molecule has 3 heteroatoms. The van der Waals surface area contributed by atoms with Crippen LogP contribution in [-0.4, -0.2) is 12.7 Å². The van der Waals surface area contributed by atoms with Gasteiger partial charge in [0.1, 0.15) is 0 Å². The molecule has 0 spiro atoms. The van der Waals surface area contributed by atoms with Crippen molar-refractivity contribution in [1.82, 2.24) is 0 Å². The molecule has 0 aliphatic heterocycles. The Hall–Kier alpha value is -1.95. The Kier molecular flexibility index (Phi) is 3.75. The van der Waals surface area contributed by atoms with Crippen molar-refractivity contribution in [2.24, 2.45) is 0 Å². The second-order valence-corrected chi connectivity index (χ2v) is 3.22. The van der Waals surface area contributed by atoms with Gasteiger partial charge in [0.15, 0.2) is 6.61 Å². The molecule has 1 aromatic rings. The Labute approximate surface area is 89.4 Å². The number of rotatable bonds is 2. The number of nitrogens with one attached hydrogen (secondary N) is 1. The molecule has 78 valence electrons. The molecule has 1 amide bonds. The molecule has 0 aliphatic rings. The zero-order valence-corrected chi connectivity index (χ0v) is 8.83. The topological polar surface area (TPSA) is 38.3 Å². The lowest BCUT2D eigenvalue weighted by atomic mass is 10.1. The third-order valence-corrected chi connectivity index (χ3v) is 1.91. The van der Waals surface area contributed by atoms with E-state index < -0.39 is 6.09 Å². The van der Waals surface area contributed by atoms with Crippen LogP contribution in [0.25, 0.3) is 0 Å². The zero-order chi connectivity index (χ0) is 11.3. The molecular formula is C12H13NO2. The number of hydrogen-bond donors (Lipinski definition) is 1. The number of carbonyl (C=O) groups is 1. The van der Waals surface area contributed by atoms with Gasteiger partial charge in [0, 0.05) is 5.69 Å². The van der Waals surface area contributed by atoms with Crippen LogP contribution in [-0.2, 0) is 4.74 Å². The Morgan fingerprint density at radius 1 is 1.53 bits per heavy atom. The van der Waals surface area contributed by atoms with E-state index in [9.17, 15) is 4.79 Å². The SMILES string of the molecule is C#CCOC(=O)Nc1ccc(C)cc1C. The van der Waals surface area contributed by atoms with E-state index in [1.807, 2.05) is 32.0 Å². The molecule has 15 heavy (non-hydrogen) atoms. The van der Waals surface area contributed by atoms with Crippen molar-refractivity contribution >= 4 is 11.8 Å². The van der Waals surface area contributed by atoms with Gasteiger partial charge in [-0.3, -0.25) is 5.32 Å². The Bertz CT molecular complexity index is 405. The van der Waals surface area contributed by atoms with Gasteiger partial charge in [0.2, 0.25) is 0 Å². The summed E-state index contributed by atoms with van der Waals surface area (Å²) in [4.78, 5) is 11.2. The van der Waals surface area contributed by atoms with E-state index in [1.54, 1.807) is 0 Å². The highest BCUT2D eigenvalue weighted by atomic mass is 16.5. The lowest BCUT2D eigenvalue weighted by molar-refractivity contribution is 0.176. The van der Waals surface area contributed by atoms with Gasteiger partial charge in [-0.05, 0) is 25.5 Å². The first-order chi connectivity index (χ1) is 7.13. The van der Waals surface area contributed by atoms with Crippen molar-refractivity contribution in [2.75, 3.05) is 11.9 Å². The van der Waals surface area contributed by atoms with Crippen LogP contribution in [0.4, 0.5) is 10.5 Å². The minimum absolute atomic E-state index is 0.0171. The number of aryl methyl sites for hydroxylation is 2. The molecule has 1 aromatic carbocycles. The minimum Gasteiger partial charge on any atom is -0.436 e. The molecular weight excluding hydrogens is 190 g/mol. The molecule has 1 N–H and O–H groups in total. The fourth-order valence-electron chi connectivity index (χ4n) is 1.21. The average Bonchev–Trinajstić information content (AvgIpc) is 2.19. The van der Waals surface area contributed by atoms with E-state index in [2.05, 4.69) is 11.2 Å². The van der Waals surface area contributed by atoms with E-state index in [-0.39, 0.29) is 6.61 Å². The van der Waals surface area contributed by atoms with Crippen LogP contribution in [0.2, 0.25) is 0 Å². The first-order valence-corrected chi connectivity index (χ1v) is 4.58. The predicted octanol–water partition coefficient (Wildman–Crippen LogP) is 2.49. The molecule has 0 aromatic heterocycles. The number of amides is 1. The van der Waals surface area contributed by atoms with Gasteiger partial charge in [-0.15, -0.1) is 6.42 Å². The van der Waals surface area contributed by atoms with E-state index in [0.717, 1.165) is 16.8 Å². The van der Waals surface area contributed by atoms with E-state index in [0.29, 0.717) is 0 Å².